The molecule has 0 aromatic carbocycles. The number of carboxylic acids is 1. The van der Waals surface area contributed by atoms with E-state index in [1.165, 1.54) is 5.57 Å². The van der Waals surface area contributed by atoms with Gasteiger partial charge in [-0.2, -0.15) is 0 Å². The molecule has 43 heavy (non-hydrogen) atoms. The van der Waals surface area contributed by atoms with E-state index in [1.54, 1.807) is 7.11 Å². The highest BCUT2D eigenvalue weighted by Crippen LogP contribution is 2.74. The third kappa shape index (κ3) is 5.08. The van der Waals surface area contributed by atoms with Crippen LogP contribution < -0.4 is 5.73 Å². The fourth-order valence-electron chi connectivity index (χ4n) is 11.0. The van der Waals surface area contributed by atoms with Crippen molar-refractivity contribution >= 4 is 5.97 Å². The van der Waals surface area contributed by atoms with E-state index in [-0.39, 0.29) is 52.1 Å². The number of hydrogen-bond acceptors (Lipinski definition) is 5. The number of aliphatic carboxylic acids is 1. The summed E-state index contributed by atoms with van der Waals surface area (Å²) in [6, 6.07) is 0. The van der Waals surface area contributed by atoms with Crippen LogP contribution in [-0.2, 0) is 14.3 Å². The van der Waals surface area contributed by atoms with Gasteiger partial charge in [0.05, 0.1) is 30.8 Å². The molecule has 4 aliphatic carbocycles. The molecule has 4 rings (SSSR count). The van der Waals surface area contributed by atoms with Crippen LogP contribution in [0.15, 0.2) is 11.6 Å². The Morgan fingerprint density at radius 2 is 1.72 bits per heavy atom. The van der Waals surface area contributed by atoms with Crippen LogP contribution in [0.2, 0.25) is 0 Å². The predicted octanol–water partition coefficient (Wildman–Crippen LogP) is 7.33. The molecule has 2 unspecified atom stereocenters. The Morgan fingerprint density at radius 1 is 1.09 bits per heavy atom. The summed E-state index contributed by atoms with van der Waals surface area (Å²) in [5, 5.41) is 22.7. The second-order valence-electron chi connectivity index (χ2n) is 17.2. The van der Waals surface area contributed by atoms with Crippen molar-refractivity contribution in [1.82, 2.24) is 0 Å². The molecule has 0 heterocycles. The van der Waals surface area contributed by atoms with Gasteiger partial charge in [-0.15, -0.1) is 0 Å². The molecule has 0 amide bonds. The lowest BCUT2D eigenvalue weighted by Crippen LogP contribution is -2.66. The average molecular weight is 604 g/mol. The molecule has 0 aromatic heterocycles. The molecular weight excluding hydrogens is 538 g/mol. The van der Waals surface area contributed by atoms with E-state index < -0.39 is 28.9 Å². The van der Waals surface area contributed by atoms with Crippen LogP contribution in [0.3, 0.4) is 0 Å². The van der Waals surface area contributed by atoms with Gasteiger partial charge in [0, 0.05) is 18.1 Å². The van der Waals surface area contributed by atoms with Gasteiger partial charge in [0.1, 0.15) is 0 Å². The summed E-state index contributed by atoms with van der Waals surface area (Å²) in [4.78, 5) is 13.3. The van der Waals surface area contributed by atoms with E-state index in [0.717, 1.165) is 32.1 Å². The number of nitrogens with two attached hydrogens (primary N) is 1. The van der Waals surface area contributed by atoms with Gasteiger partial charge in [0.15, 0.2) is 0 Å². The van der Waals surface area contributed by atoms with E-state index >= 15 is 0 Å². The van der Waals surface area contributed by atoms with Gasteiger partial charge in [0.2, 0.25) is 0 Å². The van der Waals surface area contributed by atoms with Crippen LogP contribution in [-0.4, -0.2) is 53.7 Å². The minimum atomic E-state index is -0.641. The lowest BCUT2D eigenvalue weighted by Gasteiger charge is -2.69. The monoisotopic (exact) mass is 603 g/mol. The molecule has 6 heteroatoms. The molecule has 13 atom stereocenters. The largest absolute Gasteiger partial charge is 0.481 e. The van der Waals surface area contributed by atoms with Gasteiger partial charge in [-0.3, -0.25) is 4.79 Å². The number of carboxylic acid groups (broad SMARTS) is 1. The van der Waals surface area contributed by atoms with Crippen molar-refractivity contribution in [1.29, 1.82) is 0 Å². The molecule has 0 aliphatic heterocycles. The van der Waals surface area contributed by atoms with Gasteiger partial charge in [0.25, 0.3) is 0 Å². The van der Waals surface area contributed by atoms with Crippen LogP contribution in [0.5, 0.6) is 0 Å². The minimum Gasteiger partial charge on any atom is -0.481 e. The number of aliphatic hydroxyl groups excluding tert-OH is 1. The summed E-state index contributed by atoms with van der Waals surface area (Å²) >= 11 is 0. The maximum absolute atomic E-state index is 13.3. The van der Waals surface area contributed by atoms with Crippen molar-refractivity contribution in [3.63, 3.8) is 0 Å². The Balaban J connectivity index is 1.77. The van der Waals surface area contributed by atoms with Crippen molar-refractivity contribution < 1.29 is 24.5 Å². The fourth-order valence-corrected chi connectivity index (χ4v) is 11.0. The molecule has 248 valence electrons. The molecule has 0 bridgehead atoms. The van der Waals surface area contributed by atoms with Crippen molar-refractivity contribution in [2.75, 3.05) is 13.7 Å². The molecule has 0 saturated heterocycles. The summed E-state index contributed by atoms with van der Waals surface area (Å²) < 4.78 is 12.8. The first-order valence-electron chi connectivity index (χ1n) is 17.3. The van der Waals surface area contributed by atoms with Gasteiger partial charge in [-0.25, -0.2) is 0 Å². The summed E-state index contributed by atoms with van der Waals surface area (Å²) in [5.41, 5.74) is 6.35. The van der Waals surface area contributed by atoms with E-state index in [1.807, 2.05) is 6.92 Å². The molecule has 4 aliphatic rings. The number of methoxy groups -OCH3 is 1. The number of ether oxygens (including phenoxy) is 2. The zero-order valence-electron chi connectivity index (χ0n) is 29.5. The topological polar surface area (TPSA) is 102 Å². The first-order chi connectivity index (χ1) is 19.8. The summed E-state index contributed by atoms with van der Waals surface area (Å²) in [6.07, 6.45) is 7.03. The van der Waals surface area contributed by atoms with Gasteiger partial charge >= 0.3 is 5.97 Å². The average Bonchev–Trinajstić information content (AvgIpc) is 2.91. The van der Waals surface area contributed by atoms with Crippen LogP contribution in [0.25, 0.3) is 0 Å². The predicted molar refractivity (Wildman–Crippen MR) is 173 cm³/mol. The van der Waals surface area contributed by atoms with Crippen LogP contribution >= 0.6 is 0 Å². The zero-order chi connectivity index (χ0) is 32.5. The number of hydrogen-bond donors (Lipinski definition) is 3. The maximum atomic E-state index is 13.3. The standard InChI is InChI=1S/C37H65NO5/c1-21(2)24(6)33(8)17-18-34(9)27-14-13-26-23(5)30(43-20-36(11,38)22(3)4)29(42-12)19-37(26,25(7)39)28(27)15-16-35(34,10)31(33)32(40)41/h15,21-27,29-31,39H,13-14,16-20,38H2,1-12H3,(H,40,41)/t23-,24-,25+,26?,27?,29-,30-,31-,33-,34-,35+,36+,37-/m1/s1. The lowest BCUT2D eigenvalue weighted by molar-refractivity contribution is -0.211. The third-order valence-electron chi connectivity index (χ3n) is 14.9. The normalized spacial score (nSPS) is 45.8. The molecular formula is C37H65NO5. The number of aliphatic hydroxyl groups is 1. The van der Waals surface area contributed by atoms with Crippen LogP contribution in [0, 0.1) is 63.1 Å². The zero-order valence-corrected chi connectivity index (χ0v) is 29.5. The van der Waals surface area contributed by atoms with Crippen LogP contribution in [0.1, 0.15) is 115 Å². The van der Waals surface area contributed by atoms with E-state index in [9.17, 15) is 15.0 Å². The minimum absolute atomic E-state index is 0.0885. The Bertz CT molecular complexity index is 1070. The molecule has 0 radical (unpaired) electrons. The molecule has 0 aromatic rings. The van der Waals surface area contributed by atoms with E-state index in [0.29, 0.717) is 24.9 Å². The summed E-state index contributed by atoms with van der Waals surface area (Å²) in [7, 11) is 1.77. The SMILES string of the molecule is CO[C@@H]1C[C@]2([C@H](C)O)C3=CC[C@@]4(C)[C@H](C(=O)O)[C@@](C)([C@H](C)C(C)C)CC[C@]4(C)C3CCC2[C@@H](C)[C@H]1OC[C@](C)(N)C(C)C. The van der Waals surface area contributed by atoms with Crippen molar-refractivity contribution in [2.45, 2.75) is 139 Å². The number of allylic oxidation sites excluding steroid dienone is 1. The van der Waals surface area contributed by atoms with Gasteiger partial charge in [-0.1, -0.05) is 74.0 Å². The Morgan fingerprint density at radius 3 is 2.23 bits per heavy atom. The number of fused-ring (bicyclic) bond motifs is 5. The quantitative estimate of drug-likeness (QED) is 0.239. The second-order valence-corrected chi connectivity index (χ2v) is 17.2. The summed E-state index contributed by atoms with van der Waals surface area (Å²) in [5.74, 6) is 0.648. The van der Waals surface area contributed by atoms with Gasteiger partial charge < -0.3 is 25.4 Å². The van der Waals surface area contributed by atoms with Gasteiger partial charge in [-0.05, 0) is 104 Å². The molecule has 3 saturated carbocycles. The fraction of sp³-hybridized carbons (Fsp3) is 0.919. The third-order valence-corrected chi connectivity index (χ3v) is 14.9. The van der Waals surface area contributed by atoms with E-state index in [2.05, 4.69) is 75.3 Å². The first kappa shape index (κ1) is 34.9. The highest BCUT2D eigenvalue weighted by atomic mass is 16.5. The Labute approximate surface area is 262 Å². The lowest BCUT2D eigenvalue weighted by atomic mass is 9.35. The van der Waals surface area contributed by atoms with Crippen molar-refractivity contribution in [2.24, 2.45) is 68.8 Å². The molecule has 0 spiro atoms. The molecule has 4 N–H and O–H groups in total. The Kier molecular flexibility index (Phi) is 9.49. The first-order valence-corrected chi connectivity index (χ1v) is 17.3. The maximum Gasteiger partial charge on any atom is 0.307 e. The molecule has 6 nitrogen and oxygen atoms in total. The van der Waals surface area contributed by atoms with Crippen LogP contribution in [0.4, 0.5) is 0 Å². The summed E-state index contributed by atoms with van der Waals surface area (Å²) in [6.45, 7) is 24.8. The van der Waals surface area contributed by atoms with Crippen molar-refractivity contribution in [3.8, 4) is 0 Å². The number of rotatable bonds is 9. The number of carbonyl (C=O) groups is 1. The Hall–Kier alpha value is -0.950. The van der Waals surface area contributed by atoms with E-state index in [4.69, 9.17) is 15.2 Å². The second kappa shape index (κ2) is 11.7. The molecule has 3 fully saturated rings. The highest BCUT2D eigenvalue weighted by molar-refractivity contribution is 5.73. The highest BCUT2D eigenvalue weighted by Gasteiger charge is 2.69. The smallest absolute Gasteiger partial charge is 0.307 e. The van der Waals surface area contributed by atoms with Crippen molar-refractivity contribution in [3.05, 3.63) is 11.6 Å².